The SMILES string of the molecule is CCCCCCCCc1n(-c2ccccc2)cc[n+]1C(C)C. The summed E-state index contributed by atoms with van der Waals surface area (Å²) in [7, 11) is 0. The van der Waals surface area contributed by atoms with Crippen LogP contribution in [0.5, 0.6) is 0 Å². The van der Waals surface area contributed by atoms with E-state index in [1.54, 1.807) is 0 Å². The van der Waals surface area contributed by atoms with Gasteiger partial charge >= 0.3 is 0 Å². The fraction of sp³-hybridized carbons (Fsp3) is 0.550. The Kier molecular flexibility index (Phi) is 6.70. The van der Waals surface area contributed by atoms with E-state index < -0.39 is 0 Å². The number of para-hydroxylation sites is 1. The van der Waals surface area contributed by atoms with E-state index in [-0.39, 0.29) is 0 Å². The van der Waals surface area contributed by atoms with Gasteiger partial charge in [0.25, 0.3) is 5.82 Å². The van der Waals surface area contributed by atoms with E-state index >= 15 is 0 Å². The van der Waals surface area contributed by atoms with E-state index in [1.165, 1.54) is 50.0 Å². The van der Waals surface area contributed by atoms with E-state index in [0.29, 0.717) is 6.04 Å². The summed E-state index contributed by atoms with van der Waals surface area (Å²) in [4.78, 5) is 0. The van der Waals surface area contributed by atoms with Crippen LogP contribution in [-0.4, -0.2) is 4.57 Å². The Bertz CT molecular complexity index is 540. The highest BCUT2D eigenvalue weighted by molar-refractivity contribution is 5.31. The van der Waals surface area contributed by atoms with E-state index in [9.17, 15) is 0 Å². The van der Waals surface area contributed by atoms with Crippen molar-refractivity contribution in [3.63, 3.8) is 0 Å². The van der Waals surface area contributed by atoms with Gasteiger partial charge in [0.15, 0.2) is 0 Å². The van der Waals surface area contributed by atoms with Crippen LogP contribution in [-0.2, 0) is 6.42 Å². The molecule has 0 atom stereocenters. The number of aromatic nitrogens is 2. The zero-order valence-corrected chi connectivity index (χ0v) is 14.5. The predicted molar refractivity (Wildman–Crippen MR) is 93.4 cm³/mol. The Morgan fingerprint density at radius 2 is 1.64 bits per heavy atom. The van der Waals surface area contributed by atoms with Crippen LogP contribution in [0.1, 0.15) is 71.2 Å². The van der Waals surface area contributed by atoms with Gasteiger partial charge in [-0.3, -0.25) is 0 Å². The summed E-state index contributed by atoms with van der Waals surface area (Å²) in [5, 5.41) is 0. The van der Waals surface area contributed by atoms with Gasteiger partial charge in [-0.15, -0.1) is 0 Å². The molecule has 0 fully saturated rings. The molecule has 0 radical (unpaired) electrons. The average Bonchev–Trinajstić information content (AvgIpc) is 2.95. The third kappa shape index (κ3) is 4.46. The van der Waals surface area contributed by atoms with Gasteiger partial charge in [-0.05, 0) is 32.4 Å². The largest absolute Gasteiger partial charge is 0.261 e. The van der Waals surface area contributed by atoms with Gasteiger partial charge in [-0.25, -0.2) is 4.57 Å². The summed E-state index contributed by atoms with van der Waals surface area (Å²) in [6, 6.07) is 11.2. The zero-order valence-electron chi connectivity index (χ0n) is 14.5. The lowest BCUT2D eigenvalue weighted by Crippen LogP contribution is -2.39. The van der Waals surface area contributed by atoms with Crippen molar-refractivity contribution in [1.82, 2.24) is 4.57 Å². The van der Waals surface area contributed by atoms with Gasteiger partial charge in [0, 0.05) is 6.42 Å². The van der Waals surface area contributed by atoms with Crippen molar-refractivity contribution in [2.24, 2.45) is 0 Å². The minimum absolute atomic E-state index is 0.514. The molecule has 0 saturated carbocycles. The van der Waals surface area contributed by atoms with Crippen molar-refractivity contribution in [2.75, 3.05) is 0 Å². The lowest BCUT2D eigenvalue weighted by atomic mass is 10.1. The highest BCUT2D eigenvalue weighted by Crippen LogP contribution is 2.14. The Morgan fingerprint density at radius 1 is 0.955 bits per heavy atom. The van der Waals surface area contributed by atoms with Gasteiger partial charge < -0.3 is 0 Å². The van der Waals surface area contributed by atoms with Crippen LogP contribution in [0.2, 0.25) is 0 Å². The highest BCUT2D eigenvalue weighted by Gasteiger charge is 2.20. The second kappa shape index (κ2) is 8.77. The Hall–Kier alpha value is -1.57. The number of hydrogen-bond donors (Lipinski definition) is 0. The average molecular weight is 299 g/mol. The van der Waals surface area contributed by atoms with E-state index in [2.05, 4.69) is 72.6 Å². The van der Waals surface area contributed by atoms with Crippen LogP contribution < -0.4 is 4.57 Å². The molecule has 0 spiro atoms. The van der Waals surface area contributed by atoms with Gasteiger partial charge in [0.05, 0.1) is 6.04 Å². The molecule has 0 saturated heterocycles. The van der Waals surface area contributed by atoms with Crippen LogP contribution >= 0.6 is 0 Å². The van der Waals surface area contributed by atoms with Crippen molar-refractivity contribution in [1.29, 1.82) is 0 Å². The summed E-state index contributed by atoms with van der Waals surface area (Å²) in [5.74, 6) is 1.43. The second-order valence-corrected chi connectivity index (χ2v) is 6.44. The monoisotopic (exact) mass is 299 g/mol. The maximum atomic E-state index is 2.42. The quantitative estimate of drug-likeness (QED) is 0.442. The van der Waals surface area contributed by atoms with Crippen molar-refractivity contribution < 1.29 is 4.57 Å². The molecule has 1 aromatic heterocycles. The summed E-state index contributed by atoms with van der Waals surface area (Å²) >= 11 is 0. The van der Waals surface area contributed by atoms with Gasteiger partial charge in [-0.1, -0.05) is 57.2 Å². The summed E-state index contributed by atoms with van der Waals surface area (Å²) in [6.07, 6.45) is 13.7. The standard InChI is InChI=1S/C20H31N2/c1-4-5-6-7-8-12-15-20-21(18(2)3)16-17-22(20)19-13-10-9-11-14-19/h9-11,13-14,16-18H,4-8,12,15H2,1-3H3/q+1. The van der Waals surface area contributed by atoms with Crippen LogP contribution in [0, 0.1) is 0 Å². The third-order valence-corrected chi connectivity index (χ3v) is 4.30. The molecule has 0 aliphatic carbocycles. The first-order valence-corrected chi connectivity index (χ1v) is 8.90. The molecule has 0 aliphatic rings. The summed E-state index contributed by atoms with van der Waals surface area (Å²) in [5.41, 5.74) is 1.27. The van der Waals surface area contributed by atoms with Gasteiger partial charge in [0.2, 0.25) is 0 Å². The molecule has 22 heavy (non-hydrogen) atoms. The number of unbranched alkanes of at least 4 members (excludes halogenated alkanes) is 5. The lowest BCUT2D eigenvalue weighted by molar-refractivity contribution is -0.722. The van der Waals surface area contributed by atoms with E-state index in [4.69, 9.17) is 0 Å². The fourth-order valence-corrected chi connectivity index (χ4v) is 3.04. The molecule has 0 bridgehead atoms. The number of benzene rings is 1. The molecular formula is C20H31N2+. The Morgan fingerprint density at radius 3 is 2.32 bits per heavy atom. The lowest BCUT2D eigenvalue weighted by Gasteiger charge is -2.08. The normalized spacial score (nSPS) is 11.3. The minimum atomic E-state index is 0.514. The molecule has 1 aromatic carbocycles. The fourth-order valence-electron chi connectivity index (χ4n) is 3.04. The number of imidazole rings is 1. The zero-order chi connectivity index (χ0) is 15.8. The molecule has 2 heteroatoms. The maximum absolute atomic E-state index is 2.42. The molecule has 120 valence electrons. The summed E-state index contributed by atoms with van der Waals surface area (Å²) < 4.78 is 4.77. The van der Waals surface area contributed by atoms with Crippen LogP contribution in [0.3, 0.4) is 0 Å². The molecule has 2 rings (SSSR count). The first-order valence-electron chi connectivity index (χ1n) is 8.90. The molecule has 0 aliphatic heterocycles. The van der Waals surface area contributed by atoms with Crippen molar-refractivity contribution in [3.8, 4) is 5.69 Å². The maximum Gasteiger partial charge on any atom is 0.261 e. The molecule has 0 amide bonds. The molecular weight excluding hydrogens is 268 g/mol. The van der Waals surface area contributed by atoms with Crippen molar-refractivity contribution in [2.45, 2.75) is 71.8 Å². The predicted octanol–water partition coefficient (Wildman–Crippen LogP) is 5.25. The second-order valence-electron chi connectivity index (χ2n) is 6.44. The summed E-state index contributed by atoms with van der Waals surface area (Å²) in [6.45, 7) is 6.80. The molecule has 2 aromatic rings. The molecule has 0 N–H and O–H groups in total. The van der Waals surface area contributed by atoms with Crippen LogP contribution in [0.15, 0.2) is 42.7 Å². The first-order chi connectivity index (χ1) is 10.7. The number of hydrogen-bond acceptors (Lipinski definition) is 0. The Labute approximate surface area is 135 Å². The highest BCUT2D eigenvalue weighted by atomic mass is 15.2. The van der Waals surface area contributed by atoms with Gasteiger partial charge in [-0.2, -0.15) is 4.57 Å². The molecule has 0 unspecified atom stereocenters. The first kappa shape index (κ1) is 16.8. The van der Waals surface area contributed by atoms with E-state index in [0.717, 1.165) is 6.42 Å². The smallest absolute Gasteiger partial charge is 0.232 e. The van der Waals surface area contributed by atoms with Crippen molar-refractivity contribution >= 4 is 0 Å². The van der Waals surface area contributed by atoms with Gasteiger partial charge in [0.1, 0.15) is 18.1 Å². The van der Waals surface area contributed by atoms with E-state index in [1.807, 2.05) is 0 Å². The van der Waals surface area contributed by atoms with Crippen molar-refractivity contribution in [3.05, 3.63) is 48.5 Å². The molecule has 1 heterocycles. The molecule has 2 nitrogen and oxygen atoms in total. The number of rotatable bonds is 9. The van der Waals surface area contributed by atoms with Crippen LogP contribution in [0.4, 0.5) is 0 Å². The minimum Gasteiger partial charge on any atom is -0.232 e. The Balaban J connectivity index is 2.05. The number of nitrogens with zero attached hydrogens (tertiary/aromatic N) is 2. The van der Waals surface area contributed by atoms with Crippen LogP contribution in [0.25, 0.3) is 5.69 Å². The third-order valence-electron chi connectivity index (χ3n) is 4.30. The topological polar surface area (TPSA) is 8.81 Å².